The van der Waals surface area contributed by atoms with Crippen LogP contribution in [0.1, 0.15) is 33.6 Å². The van der Waals surface area contributed by atoms with Gasteiger partial charge in [-0.15, -0.1) is 0 Å². The van der Waals surface area contributed by atoms with Gasteiger partial charge in [0.05, 0.1) is 6.61 Å². The molecule has 2 N–H and O–H groups in total. The molecule has 0 aromatic rings. The Morgan fingerprint density at radius 3 is 2.62 bits per heavy atom. The molecule has 0 fully saturated rings. The third kappa shape index (κ3) is 6.53. The average Bonchev–Trinajstić information content (AvgIpc) is 2.26. The first-order chi connectivity index (χ1) is 7.65. The Bertz CT molecular complexity index is 229. The summed E-state index contributed by atoms with van der Waals surface area (Å²) in [5, 5.41) is 12.1. The topological polar surface area (TPSA) is 70.9 Å². The van der Waals surface area contributed by atoms with E-state index in [0.717, 1.165) is 18.6 Å². The maximum absolute atomic E-state index is 11.1. The highest BCUT2D eigenvalue weighted by molar-refractivity contribution is 5.87. The molecule has 1 unspecified atom stereocenters. The fourth-order valence-corrected chi connectivity index (χ4v) is 1.25. The first-order valence-corrected chi connectivity index (χ1v) is 5.75. The van der Waals surface area contributed by atoms with Crippen LogP contribution in [0, 0.1) is 0 Å². The van der Waals surface area contributed by atoms with Gasteiger partial charge in [0.2, 0.25) is 6.23 Å². The number of rotatable bonds is 8. The fourth-order valence-electron chi connectivity index (χ4n) is 1.25. The minimum atomic E-state index is -1.26. The number of ether oxygens (including phenoxy) is 1. The molecule has 0 radical (unpaired) electrons. The summed E-state index contributed by atoms with van der Waals surface area (Å²) in [7, 11) is 0. The highest BCUT2D eigenvalue weighted by Gasteiger charge is 2.15. The van der Waals surface area contributed by atoms with Crippen LogP contribution in [0.4, 0.5) is 0 Å². The lowest BCUT2D eigenvalue weighted by Gasteiger charge is -2.12. The van der Waals surface area contributed by atoms with Crippen LogP contribution in [-0.2, 0) is 9.53 Å². The zero-order valence-electron chi connectivity index (χ0n) is 10.3. The van der Waals surface area contributed by atoms with Crippen molar-refractivity contribution in [2.45, 2.75) is 39.8 Å². The van der Waals surface area contributed by atoms with E-state index in [1.807, 2.05) is 6.92 Å². The van der Waals surface area contributed by atoms with Crippen LogP contribution < -0.4 is 5.32 Å². The van der Waals surface area contributed by atoms with Crippen LogP contribution >= 0.6 is 0 Å². The van der Waals surface area contributed by atoms with E-state index in [0.29, 0.717) is 13.1 Å². The zero-order chi connectivity index (χ0) is 12.4. The van der Waals surface area contributed by atoms with E-state index in [2.05, 4.69) is 22.0 Å². The summed E-state index contributed by atoms with van der Waals surface area (Å²) in [5.74, 6) is -0.644. The number of hydrogen-bond acceptors (Lipinski definition) is 5. The zero-order valence-corrected chi connectivity index (χ0v) is 10.3. The quantitative estimate of drug-likeness (QED) is 0.366. The third-order valence-corrected chi connectivity index (χ3v) is 1.93. The lowest BCUT2D eigenvalue weighted by Crippen LogP contribution is -2.40. The van der Waals surface area contributed by atoms with Crippen molar-refractivity contribution in [1.29, 1.82) is 0 Å². The van der Waals surface area contributed by atoms with Gasteiger partial charge in [-0.3, -0.25) is 10.3 Å². The molecule has 0 saturated heterocycles. The molecule has 0 bridgehead atoms. The van der Waals surface area contributed by atoms with Gasteiger partial charge < -0.3 is 9.84 Å². The van der Waals surface area contributed by atoms with Crippen molar-refractivity contribution in [3.8, 4) is 0 Å². The Kier molecular flexibility index (Phi) is 8.75. The molecule has 5 nitrogen and oxygen atoms in total. The molecular weight excluding hydrogens is 208 g/mol. The van der Waals surface area contributed by atoms with E-state index in [4.69, 9.17) is 0 Å². The highest BCUT2D eigenvalue weighted by Crippen LogP contribution is 1.93. The monoisotopic (exact) mass is 230 g/mol. The Hall–Kier alpha value is -0.940. The second-order valence-corrected chi connectivity index (χ2v) is 3.33. The largest absolute Gasteiger partial charge is 0.463 e. The third-order valence-electron chi connectivity index (χ3n) is 1.93. The van der Waals surface area contributed by atoms with Crippen LogP contribution in [0.3, 0.4) is 0 Å². The number of carbonyl (C=O) groups excluding carboxylic acids is 1. The van der Waals surface area contributed by atoms with E-state index in [1.54, 1.807) is 6.92 Å². The number of aliphatic hydroxyl groups excluding tert-OH is 1. The van der Waals surface area contributed by atoms with Gasteiger partial charge in [0, 0.05) is 18.8 Å². The van der Waals surface area contributed by atoms with Crippen molar-refractivity contribution < 1.29 is 14.6 Å². The smallest absolute Gasteiger partial charge is 0.350 e. The standard InChI is InChI=1S/C11H22N2O3/c1-4-7-9(12-5-2)8-13-10(14)11(15)16-6-3/h10,13-14H,4-8H2,1-3H3/b12-9+. The van der Waals surface area contributed by atoms with E-state index in [9.17, 15) is 9.90 Å². The fraction of sp³-hybridized carbons (Fsp3) is 0.818. The summed E-state index contributed by atoms with van der Waals surface area (Å²) in [5.41, 5.74) is 0.966. The molecule has 0 rings (SSSR count). The number of nitrogens with one attached hydrogen (secondary N) is 1. The summed E-state index contributed by atoms with van der Waals surface area (Å²) < 4.78 is 4.66. The maximum atomic E-state index is 11.1. The van der Waals surface area contributed by atoms with Crippen molar-refractivity contribution >= 4 is 11.7 Å². The van der Waals surface area contributed by atoms with Gasteiger partial charge in [-0.25, -0.2) is 4.79 Å². The lowest BCUT2D eigenvalue weighted by molar-refractivity contribution is -0.154. The van der Waals surface area contributed by atoms with E-state index >= 15 is 0 Å². The number of aliphatic imine (C=N–C) groups is 1. The molecule has 0 spiro atoms. The Morgan fingerprint density at radius 2 is 2.12 bits per heavy atom. The molecule has 0 amide bonds. The van der Waals surface area contributed by atoms with Gasteiger partial charge in [-0.05, 0) is 20.3 Å². The first-order valence-electron chi connectivity index (χ1n) is 5.75. The molecule has 1 atom stereocenters. The molecule has 5 heteroatoms. The summed E-state index contributed by atoms with van der Waals surface area (Å²) in [6, 6.07) is 0. The van der Waals surface area contributed by atoms with Gasteiger partial charge >= 0.3 is 5.97 Å². The molecular formula is C11H22N2O3. The minimum Gasteiger partial charge on any atom is -0.463 e. The van der Waals surface area contributed by atoms with Gasteiger partial charge in [0.15, 0.2) is 0 Å². The summed E-state index contributed by atoms with van der Waals surface area (Å²) in [6.07, 6.45) is 0.603. The van der Waals surface area contributed by atoms with Crippen molar-refractivity contribution in [2.24, 2.45) is 4.99 Å². The van der Waals surface area contributed by atoms with E-state index in [1.165, 1.54) is 0 Å². The Morgan fingerprint density at radius 1 is 1.44 bits per heavy atom. The molecule has 0 aromatic carbocycles. The van der Waals surface area contributed by atoms with Crippen LogP contribution in [0.15, 0.2) is 4.99 Å². The van der Waals surface area contributed by atoms with Gasteiger partial charge in [0.25, 0.3) is 0 Å². The van der Waals surface area contributed by atoms with Crippen molar-refractivity contribution in [1.82, 2.24) is 5.32 Å². The summed E-state index contributed by atoms with van der Waals surface area (Å²) in [4.78, 5) is 15.4. The molecule has 94 valence electrons. The Balaban J connectivity index is 4.00. The number of aliphatic hydroxyl groups is 1. The van der Waals surface area contributed by atoms with Crippen molar-refractivity contribution in [3.05, 3.63) is 0 Å². The SMILES string of the molecule is CCC/C(CNC(O)C(=O)OCC)=N\CC. The van der Waals surface area contributed by atoms with Crippen LogP contribution in [0.25, 0.3) is 0 Å². The van der Waals surface area contributed by atoms with Crippen LogP contribution in [0.5, 0.6) is 0 Å². The summed E-state index contributed by atoms with van der Waals surface area (Å²) in [6.45, 7) is 7.12. The number of hydrogen-bond donors (Lipinski definition) is 2. The molecule has 0 aliphatic rings. The van der Waals surface area contributed by atoms with Crippen molar-refractivity contribution in [2.75, 3.05) is 19.7 Å². The highest BCUT2D eigenvalue weighted by atomic mass is 16.5. The predicted octanol–water partition coefficient (Wildman–Crippen LogP) is 0.719. The lowest BCUT2D eigenvalue weighted by atomic mass is 10.2. The normalized spacial score (nSPS) is 13.6. The number of nitrogens with zero attached hydrogens (tertiary/aromatic N) is 1. The molecule has 0 aliphatic carbocycles. The second kappa shape index (κ2) is 9.30. The minimum absolute atomic E-state index is 0.266. The Labute approximate surface area is 96.9 Å². The summed E-state index contributed by atoms with van der Waals surface area (Å²) >= 11 is 0. The van der Waals surface area contributed by atoms with Gasteiger partial charge in [-0.2, -0.15) is 0 Å². The van der Waals surface area contributed by atoms with Gasteiger partial charge in [0.1, 0.15) is 0 Å². The van der Waals surface area contributed by atoms with Crippen LogP contribution in [-0.4, -0.2) is 42.7 Å². The predicted molar refractivity (Wildman–Crippen MR) is 63.5 cm³/mol. The van der Waals surface area contributed by atoms with Gasteiger partial charge in [-0.1, -0.05) is 13.3 Å². The first kappa shape index (κ1) is 15.1. The van der Waals surface area contributed by atoms with Crippen molar-refractivity contribution in [3.63, 3.8) is 0 Å². The molecule has 16 heavy (non-hydrogen) atoms. The van der Waals surface area contributed by atoms with E-state index < -0.39 is 12.2 Å². The molecule has 0 aromatic heterocycles. The average molecular weight is 230 g/mol. The molecule has 0 saturated carbocycles. The maximum Gasteiger partial charge on any atom is 0.350 e. The number of carbonyl (C=O) groups is 1. The molecule has 0 aliphatic heterocycles. The number of esters is 1. The van der Waals surface area contributed by atoms with Crippen LogP contribution in [0.2, 0.25) is 0 Å². The van der Waals surface area contributed by atoms with E-state index in [-0.39, 0.29) is 6.61 Å². The molecule has 0 heterocycles. The second-order valence-electron chi connectivity index (χ2n) is 3.33.